The van der Waals surface area contributed by atoms with Crippen LogP contribution in [-0.2, 0) is 0 Å². The van der Waals surface area contributed by atoms with Crippen molar-refractivity contribution in [3.05, 3.63) is 24.4 Å². The second-order valence-corrected chi connectivity index (χ2v) is 4.04. The van der Waals surface area contributed by atoms with Crippen LogP contribution < -0.4 is 10.1 Å². The van der Waals surface area contributed by atoms with Crippen LogP contribution in [0.4, 0.5) is 0 Å². The number of hydrogen-bond acceptors (Lipinski definition) is 6. The van der Waals surface area contributed by atoms with E-state index in [4.69, 9.17) is 9.15 Å². The number of nitrogens with one attached hydrogen (secondary N) is 1. The van der Waals surface area contributed by atoms with Crippen LogP contribution in [0.5, 0.6) is 5.75 Å². The van der Waals surface area contributed by atoms with E-state index in [1.165, 1.54) is 0 Å². The first-order valence-corrected chi connectivity index (χ1v) is 6.35. The Labute approximate surface area is 112 Å². The van der Waals surface area contributed by atoms with Crippen molar-refractivity contribution in [2.45, 2.75) is 26.3 Å². The lowest BCUT2D eigenvalue weighted by Gasteiger charge is -2.10. The molecule has 102 valence electrons. The Bertz CT molecular complexity index is 527. The number of rotatable bonds is 6. The molecule has 0 aliphatic heterocycles. The van der Waals surface area contributed by atoms with Crippen LogP contribution in [0.3, 0.4) is 0 Å². The fourth-order valence-corrected chi connectivity index (χ4v) is 1.86. The molecule has 6 nitrogen and oxygen atoms in total. The predicted octanol–water partition coefficient (Wildman–Crippen LogP) is 2.20. The van der Waals surface area contributed by atoms with Crippen LogP contribution in [-0.4, -0.2) is 28.8 Å². The summed E-state index contributed by atoms with van der Waals surface area (Å²) in [7, 11) is 1.59. The normalized spacial score (nSPS) is 12.4. The van der Waals surface area contributed by atoms with Crippen molar-refractivity contribution in [2.75, 3.05) is 13.7 Å². The summed E-state index contributed by atoms with van der Waals surface area (Å²) in [5.41, 5.74) is 0.752. The van der Waals surface area contributed by atoms with Gasteiger partial charge in [0.2, 0.25) is 5.89 Å². The van der Waals surface area contributed by atoms with Crippen molar-refractivity contribution in [3.8, 4) is 17.2 Å². The van der Waals surface area contributed by atoms with Gasteiger partial charge in [-0.15, -0.1) is 10.2 Å². The predicted molar refractivity (Wildman–Crippen MR) is 70.8 cm³/mol. The minimum Gasteiger partial charge on any atom is -0.494 e. The van der Waals surface area contributed by atoms with Crippen LogP contribution in [0.2, 0.25) is 0 Å². The summed E-state index contributed by atoms with van der Waals surface area (Å²) in [4.78, 5) is 4.00. The Morgan fingerprint density at radius 1 is 1.37 bits per heavy atom. The molecule has 0 fully saturated rings. The largest absolute Gasteiger partial charge is 0.494 e. The fraction of sp³-hybridized carbons (Fsp3) is 0.462. The summed E-state index contributed by atoms with van der Waals surface area (Å²) in [6, 6.07) is 1.88. The molecular formula is C13H18N4O2. The molecule has 0 amide bonds. The highest BCUT2D eigenvalue weighted by atomic mass is 16.5. The van der Waals surface area contributed by atoms with E-state index in [2.05, 4.69) is 27.4 Å². The molecule has 6 heteroatoms. The van der Waals surface area contributed by atoms with E-state index in [1.54, 1.807) is 25.6 Å². The zero-order valence-electron chi connectivity index (χ0n) is 11.4. The van der Waals surface area contributed by atoms with Gasteiger partial charge < -0.3 is 14.5 Å². The van der Waals surface area contributed by atoms with Gasteiger partial charge in [0.05, 0.1) is 24.9 Å². The van der Waals surface area contributed by atoms with Gasteiger partial charge in [-0.3, -0.25) is 4.98 Å². The summed E-state index contributed by atoms with van der Waals surface area (Å²) >= 11 is 0. The monoisotopic (exact) mass is 262 g/mol. The van der Waals surface area contributed by atoms with Crippen molar-refractivity contribution in [1.29, 1.82) is 0 Å². The highest BCUT2D eigenvalue weighted by molar-refractivity contribution is 5.60. The second kappa shape index (κ2) is 6.29. The van der Waals surface area contributed by atoms with Crippen LogP contribution in [0.25, 0.3) is 11.5 Å². The average molecular weight is 262 g/mol. The molecular weight excluding hydrogens is 244 g/mol. The molecule has 0 aliphatic rings. The minimum absolute atomic E-state index is 0.0825. The molecule has 2 heterocycles. The maximum Gasteiger partial charge on any atom is 0.251 e. The number of methoxy groups -OCH3 is 1. The SMILES string of the molecule is CCNC(CC)c1nnc(-c2ccncc2OC)o1. The van der Waals surface area contributed by atoms with Gasteiger partial charge in [0, 0.05) is 6.20 Å². The molecule has 0 radical (unpaired) electrons. The molecule has 1 unspecified atom stereocenters. The summed E-state index contributed by atoms with van der Waals surface area (Å²) in [5, 5.41) is 11.5. The second-order valence-electron chi connectivity index (χ2n) is 4.04. The molecule has 0 saturated carbocycles. The molecule has 19 heavy (non-hydrogen) atoms. The zero-order chi connectivity index (χ0) is 13.7. The Morgan fingerprint density at radius 3 is 2.89 bits per heavy atom. The Balaban J connectivity index is 2.30. The van der Waals surface area contributed by atoms with Crippen LogP contribution >= 0.6 is 0 Å². The van der Waals surface area contributed by atoms with E-state index in [0.717, 1.165) is 18.5 Å². The smallest absolute Gasteiger partial charge is 0.251 e. The average Bonchev–Trinajstić information content (AvgIpc) is 2.94. The Morgan fingerprint density at radius 2 is 2.21 bits per heavy atom. The van der Waals surface area contributed by atoms with E-state index in [1.807, 2.05) is 6.92 Å². The highest BCUT2D eigenvalue weighted by Crippen LogP contribution is 2.28. The van der Waals surface area contributed by atoms with Gasteiger partial charge in [0.15, 0.2) is 0 Å². The maximum atomic E-state index is 5.73. The number of pyridine rings is 1. The van der Waals surface area contributed by atoms with E-state index >= 15 is 0 Å². The molecule has 2 aromatic heterocycles. The first-order valence-electron chi connectivity index (χ1n) is 6.35. The van der Waals surface area contributed by atoms with Gasteiger partial charge in [0.25, 0.3) is 5.89 Å². The third-order valence-electron chi connectivity index (χ3n) is 2.83. The first kappa shape index (κ1) is 13.5. The lowest BCUT2D eigenvalue weighted by atomic mass is 10.2. The van der Waals surface area contributed by atoms with Crippen molar-refractivity contribution in [2.24, 2.45) is 0 Å². The van der Waals surface area contributed by atoms with Gasteiger partial charge in [-0.25, -0.2) is 0 Å². The van der Waals surface area contributed by atoms with Crippen molar-refractivity contribution >= 4 is 0 Å². The molecule has 1 atom stereocenters. The number of ether oxygens (including phenoxy) is 1. The summed E-state index contributed by atoms with van der Waals surface area (Å²) < 4.78 is 11.0. The van der Waals surface area contributed by atoms with Gasteiger partial charge in [-0.05, 0) is 19.0 Å². The van der Waals surface area contributed by atoms with Gasteiger partial charge in [0.1, 0.15) is 5.75 Å². The third kappa shape index (κ3) is 2.90. The van der Waals surface area contributed by atoms with Crippen LogP contribution in [0, 0.1) is 0 Å². The molecule has 2 rings (SSSR count). The van der Waals surface area contributed by atoms with Crippen molar-refractivity contribution in [1.82, 2.24) is 20.5 Å². The Kier molecular flexibility index (Phi) is 4.46. The van der Waals surface area contributed by atoms with E-state index in [9.17, 15) is 0 Å². The Hall–Kier alpha value is -1.95. The van der Waals surface area contributed by atoms with E-state index < -0.39 is 0 Å². The quantitative estimate of drug-likeness (QED) is 0.860. The molecule has 0 bridgehead atoms. The standard InChI is InChI=1S/C13H18N4O2/c1-4-10(15-5-2)13-17-16-12(19-13)9-6-7-14-8-11(9)18-3/h6-8,10,15H,4-5H2,1-3H3. The molecule has 0 spiro atoms. The third-order valence-corrected chi connectivity index (χ3v) is 2.83. The van der Waals surface area contributed by atoms with Gasteiger partial charge in [-0.2, -0.15) is 0 Å². The topological polar surface area (TPSA) is 73.1 Å². The number of hydrogen-bond donors (Lipinski definition) is 1. The van der Waals surface area contributed by atoms with Gasteiger partial charge >= 0.3 is 0 Å². The van der Waals surface area contributed by atoms with Crippen molar-refractivity contribution in [3.63, 3.8) is 0 Å². The fourth-order valence-electron chi connectivity index (χ4n) is 1.86. The molecule has 1 N–H and O–H groups in total. The number of nitrogens with zero attached hydrogens (tertiary/aromatic N) is 3. The first-order chi connectivity index (χ1) is 9.30. The van der Waals surface area contributed by atoms with Crippen LogP contribution in [0.1, 0.15) is 32.2 Å². The minimum atomic E-state index is 0.0825. The molecule has 2 aromatic rings. The van der Waals surface area contributed by atoms with Crippen LogP contribution in [0.15, 0.2) is 22.9 Å². The number of aromatic nitrogens is 3. The van der Waals surface area contributed by atoms with E-state index in [-0.39, 0.29) is 6.04 Å². The maximum absolute atomic E-state index is 5.73. The summed E-state index contributed by atoms with van der Waals surface area (Å²) in [5.74, 6) is 1.66. The van der Waals surface area contributed by atoms with Gasteiger partial charge in [-0.1, -0.05) is 13.8 Å². The van der Waals surface area contributed by atoms with Crippen molar-refractivity contribution < 1.29 is 9.15 Å². The summed E-state index contributed by atoms with van der Waals surface area (Å²) in [6.45, 7) is 4.98. The highest BCUT2D eigenvalue weighted by Gasteiger charge is 2.18. The summed E-state index contributed by atoms with van der Waals surface area (Å²) in [6.07, 6.45) is 4.19. The molecule has 0 saturated heterocycles. The molecule has 0 aliphatic carbocycles. The lowest BCUT2D eigenvalue weighted by molar-refractivity contribution is 0.395. The molecule has 0 aromatic carbocycles. The lowest BCUT2D eigenvalue weighted by Crippen LogP contribution is -2.20. The zero-order valence-corrected chi connectivity index (χ0v) is 11.4. The van der Waals surface area contributed by atoms with E-state index in [0.29, 0.717) is 17.5 Å².